The molecule has 3 rings (SSSR count). The zero-order valence-electron chi connectivity index (χ0n) is 16.9. The van der Waals surface area contributed by atoms with Crippen LogP contribution in [0.3, 0.4) is 0 Å². The maximum atomic E-state index is 10.7. The standard InChI is InChI=1S/C24H32O5/c25-19(11-9-17-5-2-1-3-6-17)12-14-20-21-13-10-18(7-4-8-24(27)28)16-29-23(21)15-22(20)26/h1-3,5-6,18-23,25-26H,4,7-11,13,15-16H2,(H,27,28)/t18-,19+,20+,21+,22+,23-/m0/s1. The van der Waals surface area contributed by atoms with Crippen LogP contribution < -0.4 is 0 Å². The highest BCUT2D eigenvalue weighted by atomic mass is 16.5. The van der Waals surface area contributed by atoms with Gasteiger partial charge in [-0.1, -0.05) is 42.2 Å². The van der Waals surface area contributed by atoms with E-state index in [4.69, 9.17) is 9.84 Å². The van der Waals surface area contributed by atoms with Crippen molar-refractivity contribution < 1.29 is 24.9 Å². The first kappa shape index (κ1) is 21.8. The second kappa shape index (κ2) is 10.8. The van der Waals surface area contributed by atoms with Gasteiger partial charge in [0, 0.05) is 25.4 Å². The lowest BCUT2D eigenvalue weighted by molar-refractivity contribution is -0.137. The Labute approximate surface area is 173 Å². The molecule has 0 unspecified atom stereocenters. The predicted molar refractivity (Wildman–Crippen MR) is 110 cm³/mol. The second-order valence-electron chi connectivity index (χ2n) is 8.42. The molecule has 6 atom stereocenters. The molecule has 3 N–H and O–H groups in total. The summed E-state index contributed by atoms with van der Waals surface area (Å²) in [6.45, 7) is 0.632. The molecule has 1 heterocycles. The molecule has 0 bridgehead atoms. The van der Waals surface area contributed by atoms with Crippen molar-refractivity contribution >= 4 is 5.97 Å². The molecule has 0 amide bonds. The summed E-state index contributed by atoms with van der Waals surface area (Å²) in [6, 6.07) is 10.0. The van der Waals surface area contributed by atoms with E-state index in [1.807, 2.05) is 30.3 Å². The molecule has 0 aromatic heterocycles. The lowest BCUT2D eigenvalue weighted by Gasteiger charge is -2.19. The third kappa shape index (κ3) is 6.57. The Morgan fingerprint density at radius 3 is 2.79 bits per heavy atom. The molecule has 1 aliphatic carbocycles. The number of aryl methyl sites for hydroxylation is 1. The van der Waals surface area contributed by atoms with Gasteiger partial charge in [-0.2, -0.15) is 0 Å². The van der Waals surface area contributed by atoms with Crippen molar-refractivity contribution in [1.82, 2.24) is 0 Å². The van der Waals surface area contributed by atoms with Crippen LogP contribution in [0.25, 0.3) is 0 Å². The number of carboxylic acids is 1. The molecule has 1 aliphatic heterocycles. The molecule has 1 aromatic carbocycles. The summed E-state index contributed by atoms with van der Waals surface area (Å²) in [5.74, 6) is 5.77. The third-order valence-electron chi connectivity index (χ3n) is 6.25. The van der Waals surface area contributed by atoms with E-state index in [1.165, 1.54) is 5.56 Å². The quantitative estimate of drug-likeness (QED) is 0.613. The Kier molecular flexibility index (Phi) is 8.11. The average molecular weight is 401 g/mol. The van der Waals surface area contributed by atoms with E-state index in [0.29, 0.717) is 31.8 Å². The second-order valence-corrected chi connectivity index (χ2v) is 8.42. The van der Waals surface area contributed by atoms with Crippen LogP contribution in [0.5, 0.6) is 0 Å². The number of aliphatic hydroxyl groups is 2. The minimum absolute atomic E-state index is 0.00948. The summed E-state index contributed by atoms with van der Waals surface area (Å²) >= 11 is 0. The van der Waals surface area contributed by atoms with Gasteiger partial charge < -0.3 is 20.1 Å². The topological polar surface area (TPSA) is 87.0 Å². The van der Waals surface area contributed by atoms with Gasteiger partial charge in [-0.3, -0.25) is 4.79 Å². The van der Waals surface area contributed by atoms with E-state index in [1.54, 1.807) is 0 Å². The fraction of sp³-hybridized carbons (Fsp3) is 0.625. The highest BCUT2D eigenvalue weighted by molar-refractivity contribution is 5.66. The first-order chi connectivity index (χ1) is 14.0. The van der Waals surface area contributed by atoms with Gasteiger partial charge in [-0.25, -0.2) is 0 Å². The lowest BCUT2D eigenvalue weighted by Crippen LogP contribution is -2.21. The summed E-state index contributed by atoms with van der Waals surface area (Å²) in [6.07, 6.45) is 4.40. The zero-order chi connectivity index (χ0) is 20.6. The van der Waals surface area contributed by atoms with Gasteiger partial charge in [0.25, 0.3) is 0 Å². The summed E-state index contributed by atoms with van der Waals surface area (Å²) in [5.41, 5.74) is 1.18. The van der Waals surface area contributed by atoms with Crippen molar-refractivity contribution in [2.45, 2.75) is 69.7 Å². The largest absolute Gasteiger partial charge is 0.481 e. The minimum Gasteiger partial charge on any atom is -0.481 e. The van der Waals surface area contributed by atoms with Crippen molar-refractivity contribution in [3.05, 3.63) is 35.9 Å². The Balaban J connectivity index is 1.51. The van der Waals surface area contributed by atoms with Gasteiger partial charge in [0.1, 0.15) is 6.10 Å². The summed E-state index contributed by atoms with van der Waals surface area (Å²) in [7, 11) is 0. The first-order valence-electron chi connectivity index (χ1n) is 10.8. The monoisotopic (exact) mass is 400 g/mol. The number of rotatable bonds is 7. The number of carboxylic acid groups (broad SMARTS) is 1. The third-order valence-corrected chi connectivity index (χ3v) is 6.25. The number of benzene rings is 1. The fourth-order valence-electron chi connectivity index (χ4n) is 4.59. The molecular formula is C24H32O5. The molecule has 1 aromatic rings. The zero-order valence-corrected chi connectivity index (χ0v) is 16.9. The number of aliphatic hydroxyl groups excluding tert-OH is 2. The predicted octanol–water partition coefficient (Wildman–Crippen LogP) is 3.03. The van der Waals surface area contributed by atoms with Gasteiger partial charge in [-0.05, 0) is 50.0 Å². The molecule has 158 valence electrons. The Morgan fingerprint density at radius 2 is 2.03 bits per heavy atom. The summed E-state index contributed by atoms with van der Waals surface area (Å²) < 4.78 is 6.07. The van der Waals surface area contributed by atoms with E-state index < -0.39 is 18.2 Å². The van der Waals surface area contributed by atoms with E-state index in [2.05, 4.69) is 11.8 Å². The van der Waals surface area contributed by atoms with Crippen LogP contribution in [0.15, 0.2) is 30.3 Å². The van der Waals surface area contributed by atoms with Crippen molar-refractivity contribution in [3.63, 3.8) is 0 Å². The van der Waals surface area contributed by atoms with E-state index in [9.17, 15) is 15.0 Å². The van der Waals surface area contributed by atoms with Crippen molar-refractivity contribution in [3.8, 4) is 11.8 Å². The van der Waals surface area contributed by atoms with Crippen LogP contribution in [-0.4, -0.2) is 46.2 Å². The van der Waals surface area contributed by atoms with Crippen LogP contribution in [0.2, 0.25) is 0 Å². The summed E-state index contributed by atoms with van der Waals surface area (Å²) in [5, 5.41) is 29.5. The summed E-state index contributed by atoms with van der Waals surface area (Å²) in [4.78, 5) is 10.7. The highest BCUT2D eigenvalue weighted by Gasteiger charge is 2.43. The van der Waals surface area contributed by atoms with Crippen molar-refractivity contribution in [2.75, 3.05) is 6.61 Å². The maximum Gasteiger partial charge on any atom is 0.303 e. The fourth-order valence-corrected chi connectivity index (χ4v) is 4.59. The Bertz CT molecular complexity index is 707. The minimum atomic E-state index is -0.749. The molecule has 5 nitrogen and oxygen atoms in total. The van der Waals surface area contributed by atoms with Gasteiger partial charge in [0.15, 0.2) is 0 Å². The molecule has 0 spiro atoms. The van der Waals surface area contributed by atoms with E-state index in [-0.39, 0.29) is 24.4 Å². The van der Waals surface area contributed by atoms with Gasteiger partial charge in [-0.15, -0.1) is 0 Å². The van der Waals surface area contributed by atoms with Crippen LogP contribution in [0, 0.1) is 29.6 Å². The lowest BCUT2D eigenvalue weighted by atomic mass is 9.87. The first-order valence-corrected chi connectivity index (χ1v) is 10.8. The van der Waals surface area contributed by atoms with Gasteiger partial charge in [0.2, 0.25) is 0 Å². The van der Waals surface area contributed by atoms with Crippen LogP contribution in [-0.2, 0) is 16.0 Å². The molecule has 0 radical (unpaired) electrons. The van der Waals surface area contributed by atoms with Crippen LogP contribution in [0.1, 0.15) is 50.5 Å². The molecule has 5 heteroatoms. The van der Waals surface area contributed by atoms with Crippen molar-refractivity contribution in [2.24, 2.45) is 17.8 Å². The SMILES string of the molecule is O=C(O)CCC[C@H]1CC[C@@H]2[C@@H](C#C[C@H](O)CCc3ccccc3)[C@H](O)C[C@@H]2OC1. The van der Waals surface area contributed by atoms with E-state index >= 15 is 0 Å². The molecule has 1 saturated heterocycles. The smallest absolute Gasteiger partial charge is 0.303 e. The normalized spacial score (nSPS) is 29.9. The van der Waals surface area contributed by atoms with Crippen LogP contribution in [0.4, 0.5) is 0 Å². The van der Waals surface area contributed by atoms with Crippen LogP contribution >= 0.6 is 0 Å². The number of fused-ring (bicyclic) bond motifs is 1. The average Bonchev–Trinajstić information content (AvgIpc) is 2.87. The number of ether oxygens (including phenoxy) is 1. The molecular weight excluding hydrogens is 368 g/mol. The van der Waals surface area contributed by atoms with Gasteiger partial charge in [0.05, 0.1) is 18.1 Å². The molecule has 1 saturated carbocycles. The van der Waals surface area contributed by atoms with E-state index in [0.717, 1.165) is 25.7 Å². The number of hydrogen-bond acceptors (Lipinski definition) is 4. The number of aliphatic carboxylic acids is 1. The molecule has 29 heavy (non-hydrogen) atoms. The number of hydrogen-bond donors (Lipinski definition) is 3. The highest BCUT2D eigenvalue weighted by Crippen LogP contribution is 2.41. The Hall–Kier alpha value is -1.87. The molecule has 2 aliphatic rings. The van der Waals surface area contributed by atoms with Gasteiger partial charge >= 0.3 is 5.97 Å². The molecule has 2 fully saturated rings. The maximum absolute atomic E-state index is 10.7. The van der Waals surface area contributed by atoms with Crippen molar-refractivity contribution in [1.29, 1.82) is 0 Å². The number of carbonyl (C=O) groups is 1. The Morgan fingerprint density at radius 1 is 1.24 bits per heavy atom.